The van der Waals surface area contributed by atoms with Gasteiger partial charge in [-0.05, 0) is 32.0 Å². The smallest absolute Gasteiger partial charge is 0.180 e. The maximum Gasteiger partial charge on any atom is 0.180 e. The number of hydrogen-bond acceptors (Lipinski definition) is 3. The number of rotatable bonds is 1. The normalized spacial score (nSPS) is 29.5. The molecule has 0 spiro atoms. The number of ether oxygens (including phenoxy) is 1. The zero-order chi connectivity index (χ0) is 8.97. The summed E-state index contributed by atoms with van der Waals surface area (Å²) in [7, 11) is 0. The van der Waals surface area contributed by atoms with Crippen LogP contribution in [-0.2, 0) is 4.74 Å². The molecule has 12 heavy (non-hydrogen) atoms. The van der Waals surface area contributed by atoms with Crippen LogP contribution < -0.4 is 16.6 Å². The van der Waals surface area contributed by atoms with Gasteiger partial charge in [-0.2, -0.15) is 0 Å². The molecule has 1 aliphatic rings. The van der Waals surface area contributed by atoms with Gasteiger partial charge in [-0.1, -0.05) is 0 Å². The van der Waals surface area contributed by atoms with Gasteiger partial charge in [-0.3, -0.25) is 0 Å². The molecule has 1 saturated heterocycles. The summed E-state index contributed by atoms with van der Waals surface area (Å²) < 4.78 is 5.39. The van der Waals surface area contributed by atoms with E-state index in [1.54, 1.807) is 0 Å². The summed E-state index contributed by atoms with van der Waals surface area (Å²) in [6, 6.07) is 0.400. The van der Waals surface area contributed by atoms with Gasteiger partial charge in [-0.15, -0.1) is 0 Å². The summed E-state index contributed by atoms with van der Waals surface area (Å²) >= 11 is 4.89. The molecular formula is C7H15N3OS. The molecule has 0 amide bonds. The van der Waals surface area contributed by atoms with Crippen LogP contribution in [0, 0.1) is 0 Å². The highest BCUT2D eigenvalue weighted by Gasteiger charge is 2.19. The van der Waals surface area contributed by atoms with Crippen molar-refractivity contribution in [1.29, 1.82) is 0 Å². The fourth-order valence-corrected chi connectivity index (χ4v) is 1.52. The van der Waals surface area contributed by atoms with E-state index in [2.05, 4.69) is 17.7 Å². The first-order valence-corrected chi connectivity index (χ1v) is 4.52. The Bertz CT molecular complexity index is 165. The molecule has 70 valence electrons. The van der Waals surface area contributed by atoms with E-state index in [1.807, 2.05) is 0 Å². The van der Waals surface area contributed by atoms with E-state index in [4.69, 9.17) is 22.8 Å². The van der Waals surface area contributed by atoms with Crippen LogP contribution in [-0.4, -0.2) is 23.9 Å². The second kappa shape index (κ2) is 4.59. The number of nitrogens with two attached hydrogens (primary N) is 1. The van der Waals surface area contributed by atoms with Crippen LogP contribution >= 0.6 is 12.2 Å². The second-order valence-electron chi connectivity index (χ2n) is 3.02. The zero-order valence-electron chi connectivity index (χ0n) is 7.17. The predicted octanol–water partition coefficient (Wildman–Crippen LogP) is -0.108. The molecule has 1 fully saturated rings. The third kappa shape index (κ3) is 2.92. The predicted molar refractivity (Wildman–Crippen MR) is 51.5 cm³/mol. The van der Waals surface area contributed by atoms with Gasteiger partial charge in [0.2, 0.25) is 0 Å². The lowest BCUT2D eigenvalue weighted by molar-refractivity contribution is 0.0166. The molecule has 2 atom stereocenters. The van der Waals surface area contributed by atoms with E-state index < -0.39 is 0 Å². The summed E-state index contributed by atoms with van der Waals surface area (Å²) in [6.07, 6.45) is 2.30. The topological polar surface area (TPSA) is 59.3 Å². The maximum absolute atomic E-state index is 5.39. The summed E-state index contributed by atoms with van der Waals surface area (Å²) in [6.45, 7) is 2.86. The molecule has 0 radical (unpaired) electrons. The van der Waals surface area contributed by atoms with Crippen LogP contribution in [0.4, 0.5) is 0 Å². The Morgan fingerprint density at radius 2 is 2.42 bits per heavy atom. The molecule has 4 nitrogen and oxygen atoms in total. The van der Waals surface area contributed by atoms with Crippen molar-refractivity contribution in [3.05, 3.63) is 0 Å². The highest BCUT2D eigenvalue weighted by atomic mass is 32.1. The van der Waals surface area contributed by atoms with Crippen molar-refractivity contribution >= 4 is 17.3 Å². The number of thiocarbonyl (C=S) groups is 1. The van der Waals surface area contributed by atoms with Gasteiger partial charge in [0.25, 0.3) is 0 Å². The standard InChI is InChI=1S/C7H15N3OS/c1-5-4-6(2-3-11-5)9-7(12)10-8/h5-6H,2-4,8H2,1H3,(H2,9,10,12). The first kappa shape index (κ1) is 9.70. The van der Waals surface area contributed by atoms with Gasteiger partial charge in [0.15, 0.2) is 5.11 Å². The summed E-state index contributed by atoms with van der Waals surface area (Å²) in [5.74, 6) is 5.14. The van der Waals surface area contributed by atoms with Gasteiger partial charge >= 0.3 is 0 Å². The molecule has 4 N–H and O–H groups in total. The lowest BCUT2D eigenvalue weighted by atomic mass is 10.1. The third-order valence-corrected chi connectivity index (χ3v) is 2.19. The SMILES string of the molecule is CC1CC(NC(=S)NN)CCO1. The van der Waals surface area contributed by atoms with Crippen molar-refractivity contribution in [3.8, 4) is 0 Å². The van der Waals surface area contributed by atoms with Gasteiger partial charge < -0.3 is 15.5 Å². The van der Waals surface area contributed by atoms with E-state index in [-0.39, 0.29) is 0 Å². The molecule has 0 aromatic carbocycles. The van der Waals surface area contributed by atoms with Crippen molar-refractivity contribution in [2.75, 3.05) is 6.61 Å². The van der Waals surface area contributed by atoms with Gasteiger partial charge in [0, 0.05) is 12.6 Å². The molecular weight excluding hydrogens is 174 g/mol. The Hall–Kier alpha value is -0.390. The number of hydrogen-bond donors (Lipinski definition) is 3. The lowest BCUT2D eigenvalue weighted by Gasteiger charge is -2.28. The van der Waals surface area contributed by atoms with E-state index in [9.17, 15) is 0 Å². The van der Waals surface area contributed by atoms with Crippen molar-refractivity contribution in [1.82, 2.24) is 10.7 Å². The molecule has 0 bridgehead atoms. The van der Waals surface area contributed by atoms with E-state index >= 15 is 0 Å². The van der Waals surface area contributed by atoms with Crippen LogP contribution in [0.15, 0.2) is 0 Å². The Morgan fingerprint density at radius 3 is 3.00 bits per heavy atom. The van der Waals surface area contributed by atoms with Crippen LogP contribution in [0.5, 0.6) is 0 Å². The minimum absolute atomic E-state index is 0.317. The molecule has 0 saturated carbocycles. The van der Waals surface area contributed by atoms with E-state index in [1.165, 1.54) is 0 Å². The zero-order valence-corrected chi connectivity index (χ0v) is 7.99. The third-order valence-electron chi connectivity index (χ3n) is 1.95. The molecule has 0 aromatic rings. The highest BCUT2D eigenvalue weighted by Crippen LogP contribution is 2.12. The Balaban J connectivity index is 2.27. The van der Waals surface area contributed by atoms with Crippen LogP contribution in [0.3, 0.4) is 0 Å². The molecule has 2 unspecified atom stereocenters. The lowest BCUT2D eigenvalue weighted by Crippen LogP contribution is -2.47. The largest absolute Gasteiger partial charge is 0.378 e. The van der Waals surface area contributed by atoms with E-state index in [0.717, 1.165) is 19.4 Å². The van der Waals surface area contributed by atoms with Crippen molar-refractivity contribution in [2.45, 2.75) is 31.9 Å². The summed E-state index contributed by atoms with van der Waals surface area (Å²) in [5, 5.41) is 3.62. The van der Waals surface area contributed by atoms with Crippen molar-refractivity contribution in [2.24, 2.45) is 5.84 Å². The average Bonchev–Trinajstić information content (AvgIpc) is 2.04. The van der Waals surface area contributed by atoms with Gasteiger partial charge in [0.05, 0.1) is 6.10 Å². The Morgan fingerprint density at radius 1 is 1.67 bits per heavy atom. The Labute approximate surface area is 77.8 Å². The van der Waals surface area contributed by atoms with E-state index in [0.29, 0.717) is 17.3 Å². The van der Waals surface area contributed by atoms with Crippen LogP contribution in [0.2, 0.25) is 0 Å². The Kier molecular flexibility index (Phi) is 3.71. The monoisotopic (exact) mass is 189 g/mol. The fraction of sp³-hybridized carbons (Fsp3) is 0.857. The molecule has 0 aliphatic carbocycles. The first-order valence-electron chi connectivity index (χ1n) is 4.11. The minimum atomic E-state index is 0.317. The summed E-state index contributed by atoms with van der Waals surface area (Å²) in [5.41, 5.74) is 2.41. The minimum Gasteiger partial charge on any atom is -0.378 e. The molecule has 0 aromatic heterocycles. The average molecular weight is 189 g/mol. The molecule has 5 heteroatoms. The van der Waals surface area contributed by atoms with Crippen LogP contribution in [0.25, 0.3) is 0 Å². The van der Waals surface area contributed by atoms with Gasteiger partial charge in [-0.25, -0.2) is 5.84 Å². The second-order valence-corrected chi connectivity index (χ2v) is 3.43. The highest BCUT2D eigenvalue weighted by molar-refractivity contribution is 7.80. The molecule has 1 aliphatic heterocycles. The molecule has 1 rings (SSSR count). The van der Waals surface area contributed by atoms with Crippen molar-refractivity contribution < 1.29 is 4.74 Å². The maximum atomic E-state index is 5.39. The van der Waals surface area contributed by atoms with Crippen molar-refractivity contribution in [3.63, 3.8) is 0 Å². The number of hydrazine groups is 1. The van der Waals surface area contributed by atoms with Gasteiger partial charge in [0.1, 0.15) is 0 Å². The first-order chi connectivity index (χ1) is 5.72. The quantitative estimate of drug-likeness (QED) is 0.305. The fourth-order valence-electron chi connectivity index (χ4n) is 1.36. The van der Waals surface area contributed by atoms with Crippen LogP contribution in [0.1, 0.15) is 19.8 Å². The number of nitrogens with one attached hydrogen (secondary N) is 2. The summed E-state index contributed by atoms with van der Waals surface area (Å²) in [4.78, 5) is 0. The molecule has 1 heterocycles.